The van der Waals surface area contributed by atoms with Crippen molar-refractivity contribution in [1.82, 2.24) is 0 Å². The first-order chi connectivity index (χ1) is 9.49. The van der Waals surface area contributed by atoms with Gasteiger partial charge in [0.05, 0.1) is 5.56 Å². The number of rotatable bonds is 4. The van der Waals surface area contributed by atoms with E-state index in [9.17, 15) is 13.2 Å². The van der Waals surface area contributed by atoms with Crippen LogP contribution in [0.2, 0.25) is 0 Å². The number of hydrogen-bond acceptors (Lipinski definition) is 2. The SMILES string of the molecule is N=C(N)c1cccc(CSc2ccc(F)cc2F)c1F. The Morgan fingerprint density at radius 1 is 1.15 bits per heavy atom. The van der Waals surface area contributed by atoms with E-state index in [-0.39, 0.29) is 22.0 Å². The van der Waals surface area contributed by atoms with Crippen molar-refractivity contribution >= 4 is 17.6 Å². The predicted molar refractivity (Wildman–Crippen MR) is 73.3 cm³/mol. The molecular weight excluding hydrogens is 285 g/mol. The summed E-state index contributed by atoms with van der Waals surface area (Å²) in [6.07, 6.45) is 0. The zero-order valence-electron chi connectivity index (χ0n) is 10.3. The minimum atomic E-state index is -0.682. The second-order valence-corrected chi connectivity index (χ2v) is 5.07. The number of amidine groups is 1. The van der Waals surface area contributed by atoms with E-state index in [4.69, 9.17) is 11.1 Å². The molecule has 0 amide bonds. The van der Waals surface area contributed by atoms with Gasteiger partial charge in [-0.3, -0.25) is 5.41 Å². The minimum absolute atomic E-state index is 0.0164. The van der Waals surface area contributed by atoms with E-state index in [1.54, 1.807) is 6.07 Å². The number of benzene rings is 2. The zero-order chi connectivity index (χ0) is 14.7. The van der Waals surface area contributed by atoms with Crippen LogP contribution in [-0.2, 0) is 5.75 Å². The Kier molecular flexibility index (Phi) is 4.34. The summed E-state index contributed by atoms with van der Waals surface area (Å²) < 4.78 is 40.2. The lowest BCUT2D eigenvalue weighted by atomic mass is 10.1. The summed E-state index contributed by atoms with van der Waals surface area (Å²) >= 11 is 1.05. The molecule has 0 radical (unpaired) electrons. The molecule has 0 spiro atoms. The number of nitrogen functional groups attached to an aromatic ring is 1. The first-order valence-corrected chi connectivity index (χ1v) is 6.67. The lowest BCUT2D eigenvalue weighted by Gasteiger charge is -2.07. The molecule has 2 aromatic rings. The number of halogens is 3. The van der Waals surface area contributed by atoms with Crippen LogP contribution in [0.5, 0.6) is 0 Å². The molecule has 0 aliphatic rings. The first-order valence-electron chi connectivity index (χ1n) is 5.68. The van der Waals surface area contributed by atoms with Crippen LogP contribution in [-0.4, -0.2) is 5.84 Å². The summed E-state index contributed by atoms with van der Waals surface area (Å²) in [5, 5.41) is 7.26. The largest absolute Gasteiger partial charge is 0.384 e. The van der Waals surface area contributed by atoms with Crippen molar-refractivity contribution in [2.45, 2.75) is 10.6 Å². The van der Waals surface area contributed by atoms with Crippen LogP contribution in [0.3, 0.4) is 0 Å². The van der Waals surface area contributed by atoms with E-state index in [2.05, 4.69) is 0 Å². The summed E-state index contributed by atoms with van der Waals surface area (Å²) in [4.78, 5) is 0.235. The normalized spacial score (nSPS) is 10.6. The molecule has 2 nitrogen and oxygen atoms in total. The summed E-state index contributed by atoms with van der Waals surface area (Å²) in [6, 6.07) is 7.76. The highest BCUT2D eigenvalue weighted by Gasteiger charge is 2.11. The van der Waals surface area contributed by atoms with Gasteiger partial charge in [-0.25, -0.2) is 13.2 Å². The van der Waals surface area contributed by atoms with Gasteiger partial charge in [0.15, 0.2) is 0 Å². The highest BCUT2D eigenvalue weighted by Crippen LogP contribution is 2.27. The molecule has 0 atom stereocenters. The molecule has 2 rings (SSSR count). The van der Waals surface area contributed by atoms with Gasteiger partial charge in [0.2, 0.25) is 0 Å². The van der Waals surface area contributed by atoms with E-state index in [1.807, 2.05) is 0 Å². The van der Waals surface area contributed by atoms with Crippen molar-refractivity contribution in [3.05, 3.63) is 65.0 Å². The predicted octanol–water partition coefficient (Wildman–Crippen LogP) is 3.68. The molecule has 2 aromatic carbocycles. The van der Waals surface area contributed by atoms with E-state index >= 15 is 0 Å². The van der Waals surface area contributed by atoms with Crippen molar-refractivity contribution in [3.63, 3.8) is 0 Å². The Morgan fingerprint density at radius 3 is 2.55 bits per heavy atom. The maximum atomic E-state index is 14.0. The van der Waals surface area contributed by atoms with Crippen molar-refractivity contribution in [2.75, 3.05) is 0 Å². The maximum Gasteiger partial charge on any atom is 0.139 e. The molecule has 0 unspecified atom stereocenters. The fourth-order valence-corrected chi connectivity index (χ4v) is 2.54. The quantitative estimate of drug-likeness (QED) is 0.513. The van der Waals surface area contributed by atoms with E-state index < -0.39 is 17.5 Å². The summed E-state index contributed by atoms with van der Waals surface area (Å²) in [5.74, 6) is -2.12. The van der Waals surface area contributed by atoms with Crippen molar-refractivity contribution in [1.29, 1.82) is 5.41 Å². The fraction of sp³-hybridized carbons (Fsp3) is 0.0714. The first kappa shape index (κ1) is 14.5. The van der Waals surface area contributed by atoms with Crippen LogP contribution in [0, 0.1) is 22.9 Å². The van der Waals surface area contributed by atoms with Crippen LogP contribution < -0.4 is 5.73 Å². The van der Waals surface area contributed by atoms with E-state index in [0.717, 1.165) is 23.9 Å². The number of nitrogens with two attached hydrogens (primary N) is 1. The Morgan fingerprint density at radius 2 is 1.90 bits per heavy atom. The third kappa shape index (κ3) is 3.14. The lowest BCUT2D eigenvalue weighted by Crippen LogP contribution is -2.14. The average molecular weight is 296 g/mol. The second kappa shape index (κ2) is 6.00. The Bertz CT molecular complexity index is 659. The number of nitrogens with one attached hydrogen (secondary N) is 1. The molecule has 0 aliphatic heterocycles. The molecule has 0 aromatic heterocycles. The Hall–Kier alpha value is -1.95. The molecule has 0 saturated carbocycles. The maximum absolute atomic E-state index is 14.0. The molecule has 0 fully saturated rings. The van der Waals surface area contributed by atoms with Crippen LogP contribution in [0.4, 0.5) is 13.2 Å². The molecule has 0 bridgehead atoms. The van der Waals surface area contributed by atoms with Crippen molar-refractivity contribution < 1.29 is 13.2 Å². The third-order valence-corrected chi connectivity index (χ3v) is 3.74. The number of hydrogen-bond donors (Lipinski definition) is 2. The van der Waals surface area contributed by atoms with Gasteiger partial charge in [-0.05, 0) is 23.8 Å². The second-order valence-electron chi connectivity index (χ2n) is 4.06. The molecule has 104 valence electrons. The van der Waals surface area contributed by atoms with Gasteiger partial charge in [-0.2, -0.15) is 0 Å². The van der Waals surface area contributed by atoms with Gasteiger partial charge in [0.1, 0.15) is 23.3 Å². The standard InChI is InChI=1S/C14H11F3N2S/c15-9-4-5-12(11(16)6-9)20-7-8-2-1-3-10(13(8)17)14(18)19/h1-6H,7H2,(H3,18,19). The molecule has 20 heavy (non-hydrogen) atoms. The fourth-order valence-electron chi connectivity index (χ4n) is 1.65. The monoisotopic (exact) mass is 296 g/mol. The lowest BCUT2D eigenvalue weighted by molar-refractivity contribution is 0.565. The average Bonchev–Trinajstić information content (AvgIpc) is 2.39. The summed E-state index contributed by atoms with van der Waals surface area (Å²) in [5.41, 5.74) is 5.59. The van der Waals surface area contributed by atoms with Gasteiger partial charge in [0, 0.05) is 16.7 Å². The summed E-state index contributed by atoms with van der Waals surface area (Å²) in [6.45, 7) is 0. The molecule has 0 saturated heterocycles. The molecule has 0 aliphatic carbocycles. The van der Waals surface area contributed by atoms with Gasteiger partial charge in [0.25, 0.3) is 0 Å². The Labute approximate surface area is 118 Å². The molecular formula is C14H11F3N2S. The van der Waals surface area contributed by atoms with Gasteiger partial charge in [-0.1, -0.05) is 12.1 Å². The summed E-state index contributed by atoms with van der Waals surface area (Å²) in [7, 11) is 0. The highest BCUT2D eigenvalue weighted by molar-refractivity contribution is 7.98. The van der Waals surface area contributed by atoms with Crippen LogP contribution in [0.15, 0.2) is 41.3 Å². The minimum Gasteiger partial charge on any atom is -0.384 e. The number of thioether (sulfide) groups is 1. The van der Waals surface area contributed by atoms with Crippen LogP contribution in [0.1, 0.15) is 11.1 Å². The van der Waals surface area contributed by atoms with E-state index in [0.29, 0.717) is 5.56 Å². The molecule has 6 heteroatoms. The smallest absolute Gasteiger partial charge is 0.139 e. The van der Waals surface area contributed by atoms with Gasteiger partial charge in [-0.15, -0.1) is 11.8 Å². The highest BCUT2D eigenvalue weighted by atomic mass is 32.2. The van der Waals surface area contributed by atoms with Crippen LogP contribution in [0.25, 0.3) is 0 Å². The third-order valence-electron chi connectivity index (χ3n) is 2.65. The zero-order valence-corrected chi connectivity index (χ0v) is 11.1. The molecule has 3 N–H and O–H groups in total. The molecule has 0 heterocycles. The Balaban J connectivity index is 2.19. The van der Waals surface area contributed by atoms with Crippen molar-refractivity contribution in [2.24, 2.45) is 5.73 Å². The van der Waals surface area contributed by atoms with Gasteiger partial charge < -0.3 is 5.73 Å². The van der Waals surface area contributed by atoms with Crippen molar-refractivity contribution in [3.8, 4) is 0 Å². The van der Waals surface area contributed by atoms with E-state index in [1.165, 1.54) is 18.2 Å². The van der Waals surface area contributed by atoms with Gasteiger partial charge >= 0.3 is 0 Å². The topological polar surface area (TPSA) is 49.9 Å². The van der Waals surface area contributed by atoms with Crippen LogP contribution >= 0.6 is 11.8 Å².